The maximum Gasteiger partial charge on any atom is 0.0784 e. The van der Waals surface area contributed by atoms with Crippen LogP contribution in [0.4, 0.5) is 0 Å². The van der Waals surface area contributed by atoms with Crippen molar-refractivity contribution in [2.75, 3.05) is 18.1 Å². The van der Waals surface area contributed by atoms with Crippen LogP contribution in [0.5, 0.6) is 0 Å². The number of ether oxygens (including phenoxy) is 1. The Morgan fingerprint density at radius 1 is 1.21 bits per heavy atom. The second kappa shape index (κ2) is 5.23. The third kappa shape index (κ3) is 2.58. The molecule has 0 aromatic rings. The van der Waals surface area contributed by atoms with Crippen LogP contribution < -0.4 is 0 Å². The van der Waals surface area contributed by atoms with Crippen molar-refractivity contribution in [1.29, 1.82) is 0 Å². The molecule has 2 heterocycles. The fraction of sp³-hybridized carbons (Fsp3) is 1.00. The number of rotatable bonds is 1. The van der Waals surface area contributed by atoms with Gasteiger partial charge in [0.05, 0.1) is 11.2 Å². The molecule has 1 aliphatic carbocycles. The standard InChI is InChI=1S/C16H28O2S/c1-12-3-5-16(17,13(2)9-12)14-4-7-18-15(10-14)6-8-19-11-15/h12-14,17H,3-11H2,1-2H3. The topological polar surface area (TPSA) is 29.5 Å². The molecule has 5 atom stereocenters. The van der Waals surface area contributed by atoms with Crippen molar-refractivity contribution in [3.63, 3.8) is 0 Å². The molecule has 2 aliphatic heterocycles. The molecule has 1 saturated carbocycles. The second-order valence-corrected chi connectivity index (χ2v) is 8.40. The summed E-state index contributed by atoms with van der Waals surface area (Å²) in [6.45, 7) is 5.45. The van der Waals surface area contributed by atoms with E-state index in [-0.39, 0.29) is 5.60 Å². The van der Waals surface area contributed by atoms with Crippen molar-refractivity contribution in [3.8, 4) is 0 Å². The van der Waals surface area contributed by atoms with Gasteiger partial charge in [0.2, 0.25) is 0 Å². The lowest BCUT2D eigenvalue weighted by atomic mass is 9.63. The van der Waals surface area contributed by atoms with Crippen molar-refractivity contribution in [1.82, 2.24) is 0 Å². The predicted molar refractivity (Wildman–Crippen MR) is 80.5 cm³/mol. The first-order chi connectivity index (χ1) is 9.04. The molecule has 3 heteroatoms. The SMILES string of the molecule is CC1CCC(O)(C2CCOC3(CCSC3)C2)C(C)C1. The van der Waals surface area contributed by atoms with Gasteiger partial charge in [-0.25, -0.2) is 0 Å². The Balaban J connectivity index is 1.73. The van der Waals surface area contributed by atoms with E-state index in [1.165, 1.54) is 25.0 Å². The van der Waals surface area contributed by atoms with Gasteiger partial charge < -0.3 is 9.84 Å². The van der Waals surface area contributed by atoms with Crippen LogP contribution in [0.15, 0.2) is 0 Å². The lowest BCUT2D eigenvalue weighted by molar-refractivity contribution is -0.163. The first kappa shape index (κ1) is 14.2. The molecule has 110 valence electrons. The minimum atomic E-state index is -0.420. The first-order valence-electron chi connectivity index (χ1n) is 7.98. The number of aliphatic hydroxyl groups is 1. The van der Waals surface area contributed by atoms with E-state index >= 15 is 0 Å². The molecule has 19 heavy (non-hydrogen) atoms. The average Bonchev–Trinajstić information content (AvgIpc) is 2.82. The maximum atomic E-state index is 11.3. The summed E-state index contributed by atoms with van der Waals surface area (Å²) < 4.78 is 6.12. The summed E-state index contributed by atoms with van der Waals surface area (Å²) in [7, 11) is 0. The Hall–Kier alpha value is 0.270. The van der Waals surface area contributed by atoms with Gasteiger partial charge in [-0.3, -0.25) is 0 Å². The van der Waals surface area contributed by atoms with Crippen LogP contribution in [-0.2, 0) is 4.74 Å². The molecule has 1 N–H and O–H groups in total. The second-order valence-electron chi connectivity index (χ2n) is 7.30. The van der Waals surface area contributed by atoms with Gasteiger partial charge >= 0.3 is 0 Å². The highest BCUT2D eigenvalue weighted by Crippen LogP contribution is 2.49. The summed E-state index contributed by atoms with van der Waals surface area (Å²) in [4.78, 5) is 0. The zero-order chi connectivity index (χ0) is 13.5. The molecule has 0 amide bonds. The largest absolute Gasteiger partial charge is 0.389 e. The molecule has 3 aliphatic rings. The van der Waals surface area contributed by atoms with E-state index in [9.17, 15) is 5.11 Å². The molecule has 2 saturated heterocycles. The number of hydrogen-bond acceptors (Lipinski definition) is 3. The van der Waals surface area contributed by atoms with Crippen LogP contribution in [0.3, 0.4) is 0 Å². The van der Waals surface area contributed by atoms with Crippen LogP contribution >= 0.6 is 11.8 Å². The smallest absolute Gasteiger partial charge is 0.0784 e. The fourth-order valence-electron chi connectivity index (χ4n) is 4.57. The summed E-state index contributed by atoms with van der Waals surface area (Å²) in [6.07, 6.45) is 6.73. The molecule has 3 fully saturated rings. The summed E-state index contributed by atoms with van der Waals surface area (Å²) in [5.41, 5.74) is -0.317. The van der Waals surface area contributed by atoms with E-state index in [2.05, 4.69) is 13.8 Å². The third-order valence-corrected chi connectivity index (χ3v) is 7.14. The van der Waals surface area contributed by atoms with Gasteiger partial charge in [0.25, 0.3) is 0 Å². The molecule has 1 spiro atoms. The number of hydrogen-bond donors (Lipinski definition) is 1. The monoisotopic (exact) mass is 284 g/mol. The molecule has 5 unspecified atom stereocenters. The normalized spacial score (nSPS) is 51.6. The van der Waals surface area contributed by atoms with Gasteiger partial charge in [-0.1, -0.05) is 13.8 Å². The van der Waals surface area contributed by atoms with E-state index in [0.717, 1.165) is 37.5 Å². The summed E-state index contributed by atoms with van der Waals surface area (Å²) in [6, 6.07) is 0. The molecule has 0 bridgehead atoms. The van der Waals surface area contributed by atoms with E-state index in [0.29, 0.717) is 11.8 Å². The molecule has 2 nitrogen and oxygen atoms in total. The van der Waals surface area contributed by atoms with Crippen molar-refractivity contribution in [2.45, 2.75) is 63.6 Å². The Morgan fingerprint density at radius 2 is 2.05 bits per heavy atom. The van der Waals surface area contributed by atoms with Crippen LogP contribution in [0, 0.1) is 17.8 Å². The van der Waals surface area contributed by atoms with E-state index in [1.54, 1.807) is 0 Å². The van der Waals surface area contributed by atoms with Crippen LogP contribution in [0.25, 0.3) is 0 Å². The van der Waals surface area contributed by atoms with E-state index in [4.69, 9.17) is 4.74 Å². The van der Waals surface area contributed by atoms with Gasteiger partial charge in [0.1, 0.15) is 0 Å². The highest BCUT2D eigenvalue weighted by Gasteiger charge is 2.50. The van der Waals surface area contributed by atoms with Gasteiger partial charge in [0, 0.05) is 12.4 Å². The summed E-state index contributed by atoms with van der Waals surface area (Å²) in [5.74, 6) is 4.07. The third-order valence-electron chi connectivity index (χ3n) is 5.91. The van der Waals surface area contributed by atoms with Crippen LogP contribution in [-0.4, -0.2) is 34.4 Å². The molecule has 0 aromatic carbocycles. The summed E-state index contributed by atoms with van der Waals surface area (Å²) >= 11 is 2.02. The van der Waals surface area contributed by atoms with Crippen LogP contribution in [0.2, 0.25) is 0 Å². The maximum absolute atomic E-state index is 11.3. The Bertz CT molecular complexity index is 327. The predicted octanol–water partition coefficient (Wildman–Crippen LogP) is 3.48. The number of thioether (sulfide) groups is 1. The Labute approximate surface area is 121 Å². The zero-order valence-electron chi connectivity index (χ0n) is 12.4. The van der Waals surface area contributed by atoms with Gasteiger partial charge in [-0.05, 0) is 62.0 Å². The van der Waals surface area contributed by atoms with Crippen molar-refractivity contribution < 1.29 is 9.84 Å². The van der Waals surface area contributed by atoms with Gasteiger partial charge in [-0.15, -0.1) is 0 Å². The molecular formula is C16H28O2S. The minimum Gasteiger partial charge on any atom is -0.389 e. The highest BCUT2D eigenvalue weighted by molar-refractivity contribution is 7.99. The zero-order valence-corrected chi connectivity index (χ0v) is 13.2. The van der Waals surface area contributed by atoms with E-state index < -0.39 is 5.60 Å². The molecule has 0 aromatic heterocycles. The molecule has 3 rings (SSSR count). The lowest BCUT2D eigenvalue weighted by Crippen LogP contribution is -2.53. The van der Waals surface area contributed by atoms with Gasteiger partial charge in [-0.2, -0.15) is 11.8 Å². The fourth-order valence-corrected chi connectivity index (χ4v) is 5.95. The quantitative estimate of drug-likeness (QED) is 0.799. The van der Waals surface area contributed by atoms with Crippen molar-refractivity contribution in [2.24, 2.45) is 17.8 Å². The van der Waals surface area contributed by atoms with Gasteiger partial charge in [0.15, 0.2) is 0 Å². The van der Waals surface area contributed by atoms with Crippen molar-refractivity contribution >= 4 is 11.8 Å². The van der Waals surface area contributed by atoms with Crippen molar-refractivity contribution in [3.05, 3.63) is 0 Å². The van der Waals surface area contributed by atoms with E-state index in [1.807, 2.05) is 11.8 Å². The lowest BCUT2D eigenvalue weighted by Gasteiger charge is -2.50. The minimum absolute atomic E-state index is 0.103. The first-order valence-corrected chi connectivity index (χ1v) is 9.14. The Morgan fingerprint density at radius 3 is 2.74 bits per heavy atom. The Kier molecular flexibility index (Phi) is 3.92. The average molecular weight is 284 g/mol. The molecular weight excluding hydrogens is 256 g/mol. The molecule has 0 radical (unpaired) electrons. The van der Waals surface area contributed by atoms with Crippen LogP contribution in [0.1, 0.15) is 52.4 Å². The summed E-state index contributed by atoms with van der Waals surface area (Å²) in [5, 5.41) is 11.3. The highest BCUT2D eigenvalue weighted by atomic mass is 32.2.